The third kappa shape index (κ3) is 4.30. The molecule has 2 fully saturated rings. The number of nitriles is 1. The van der Waals surface area contributed by atoms with Crippen molar-refractivity contribution in [2.75, 3.05) is 32.4 Å². The van der Waals surface area contributed by atoms with E-state index in [0.29, 0.717) is 35.2 Å². The van der Waals surface area contributed by atoms with Gasteiger partial charge in [-0.25, -0.2) is 9.29 Å². The van der Waals surface area contributed by atoms with Gasteiger partial charge < -0.3 is 4.90 Å². The molecule has 0 N–H and O–H groups in total. The summed E-state index contributed by atoms with van der Waals surface area (Å²) >= 11 is 1.54. The fourth-order valence-electron chi connectivity index (χ4n) is 4.71. The fraction of sp³-hybridized carbons (Fsp3) is 0.320. The van der Waals surface area contributed by atoms with Gasteiger partial charge in [-0.1, -0.05) is 36.2 Å². The molecule has 0 unspecified atom stereocenters. The van der Waals surface area contributed by atoms with Crippen LogP contribution in [0.15, 0.2) is 47.5 Å². The molecule has 1 saturated carbocycles. The number of halogens is 1. The van der Waals surface area contributed by atoms with Crippen molar-refractivity contribution in [2.45, 2.75) is 23.2 Å². The summed E-state index contributed by atoms with van der Waals surface area (Å²) in [6, 6.07) is 12.4. The highest BCUT2D eigenvalue weighted by Crippen LogP contribution is 2.48. The second-order valence-corrected chi connectivity index (χ2v) is 10.4. The summed E-state index contributed by atoms with van der Waals surface area (Å²) in [5, 5.41) is 21.7. The van der Waals surface area contributed by atoms with Crippen LogP contribution in [-0.4, -0.2) is 57.5 Å². The maximum atomic E-state index is 13.7. The first-order valence-corrected chi connectivity index (χ1v) is 13.3. The van der Waals surface area contributed by atoms with E-state index < -0.39 is 10.3 Å². The molecule has 5 rings (SSSR count). The highest BCUT2D eigenvalue weighted by Gasteiger charge is 2.44. The van der Waals surface area contributed by atoms with Crippen molar-refractivity contribution in [1.82, 2.24) is 14.2 Å². The highest BCUT2D eigenvalue weighted by molar-refractivity contribution is 7.96. The predicted octanol–water partition coefficient (Wildman–Crippen LogP) is 5.38. The lowest BCUT2D eigenvalue weighted by Crippen LogP contribution is -2.46. The molecule has 3 aromatic rings. The van der Waals surface area contributed by atoms with Crippen molar-refractivity contribution in [3.05, 3.63) is 63.8 Å². The van der Waals surface area contributed by atoms with E-state index in [1.165, 1.54) is 12.3 Å². The molecule has 1 aliphatic heterocycles. The number of nitrogens with zero attached hydrogens (tertiary/aromatic N) is 5. The highest BCUT2D eigenvalue weighted by atomic mass is 32.2. The second kappa shape index (κ2) is 9.69. The van der Waals surface area contributed by atoms with Crippen LogP contribution in [0.2, 0.25) is 0 Å². The number of non-ortho nitro benzene ring substituents is 1. The number of hydrogen-bond donors (Lipinski definition) is 0. The minimum absolute atomic E-state index is 0.0634. The molecule has 2 aromatic carbocycles. The molecule has 0 spiro atoms. The number of nitro benzene ring substituents is 1. The first-order chi connectivity index (χ1) is 17.4. The first-order valence-electron chi connectivity index (χ1n) is 11.4. The molecule has 8 nitrogen and oxygen atoms in total. The lowest BCUT2D eigenvalue weighted by Gasteiger charge is -2.33. The quantitative estimate of drug-likeness (QED) is 0.241. The van der Waals surface area contributed by atoms with Crippen LogP contribution < -0.4 is 0 Å². The van der Waals surface area contributed by atoms with Gasteiger partial charge in [0.25, 0.3) is 11.6 Å². The summed E-state index contributed by atoms with van der Waals surface area (Å²) in [5.74, 6) is -0.221. The first kappa shape index (κ1) is 24.5. The van der Waals surface area contributed by atoms with Crippen LogP contribution in [0.25, 0.3) is 22.0 Å². The minimum atomic E-state index is -0.588. The third-order valence-corrected chi connectivity index (χ3v) is 8.21. The maximum Gasteiger partial charge on any atom is 0.296 e. The maximum absolute atomic E-state index is 13.7. The zero-order chi connectivity index (χ0) is 25.4. The molecular weight excluding hydrogens is 501 g/mol. The van der Waals surface area contributed by atoms with E-state index >= 15 is 0 Å². The van der Waals surface area contributed by atoms with Gasteiger partial charge >= 0.3 is 0 Å². The van der Waals surface area contributed by atoms with E-state index in [9.17, 15) is 24.1 Å². The zero-order valence-electron chi connectivity index (χ0n) is 19.4. The van der Waals surface area contributed by atoms with Gasteiger partial charge in [-0.05, 0) is 36.3 Å². The van der Waals surface area contributed by atoms with Crippen LogP contribution in [0.5, 0.6) is 0 Å². The molecule has 0 radical (unpaired) electrons. The summed E-state index contributed by atoms with van der Waals surface area (Å²) in [7, 11) is 0. The number of amides is 1. The number of carbonyl (C=O) groups is 1. The molecule has 1 aromatic heterocycles. The van der Waals surface area contributed by atoms with Crippen LogP contribution in [0, 0.1) is 21.4 Å². The largest absolute Gasteiger partial charge is 0.336 e. The number of hydrogen-bond acceptors (Lipinski definition) is 8. The Labute approximate surface area is 216 Å². The van der Waals surface area contributed by atoms with E-state index in [-0.39, 0.29) is 34.2 Å². The van der Waals surface area contributed by atoms with Crippen LogP contribution in [0.1, 0.15) is 28.8 Å². The Morgan fingerprint density at radius 3 is 2.44 bits per heavy atom. The molecule has 36 heavy (non-hydrogen) atoms. The summed E-state index contributed by atoms with van der Waals surface area (Å²) in [6.07, 6.45) is 4.99. The van der Waals surface area contributed by atoms with Crippen molar-refractivity contribution in [3.63, 3.8) is 0 Å². The zero-order valence-corrected chi connectivity index (χ0v) is 21.1. The van der Waals surface area contributed by atoms with Gasteiger partial charge in [-0.3, -0.25) is 14.9 Å². The van der Waals surface area contributed by atoms with Gasteiger partial charge in [0.2, 0.25) is 0 Å². The van der Waals surface area contributed by atoms with Crippen molar-refractivity contribution in [1.29, 1.82) is 5.26 Å². The topological polar surface area (TPSA) is 103 Å². The molecule has 1 aliphatic carbocycles. The average molecular weight is 524 g/mol. The number of carbonyl (C=O) groups excluding carboxylic acids is 1. The number of nitro groups is 1. The lowest BCUT2D eigenvalue weighted by molar-refractivity contribution is -0.383. The third-order valence-electron chi connectivity index (χ3n) is 6.92. The molecule has 0 atom stereocenters. The van der Waals surface area contributed by atoms with Crippen molar-refractivity contribution in [3.8, 4) is 17.2 Å². The lowest BCUT2D eigenvalue weighted by atomic mass is 9.91. The molecule has 1 amide bonds. The van der Waals surface area contributed by atoms with Crippen molar-refractivity contribution in [2.24, 2.45) is 0 Å². The van der Waals surface area contributed by atoms with Gasteiger partial charge in [-0.2, -0.15) is 9.15 Å². The fourth-order valence-corrected chi connectivity index (χ4v) is 5.55. The van der Waals surface area contributed by atoms with Crippen LogP contribution in [0.4, 0.5) is 9.57 Å². The number of rotatable bonds is 6. The Bertz CT molecular complexity index is 1400. The van der Waals surface area contributed by atoms with E-state index in [0.717, 1.165) is 37.6 Å². The Morgan fingerprint density at radius 1 is 1.19 bits per heavy atom. The molecular formula is C25H22FN5O3S2. The number of pyridine rings is 1. The van der Waals surface area contributed by atoms with E-state index in [4.69, 9.17) is 0 Å². The van der Waals surface area contributed by atoms with Crippen molar-refractivity contribution >= 4 is 46.6 Å². The number of fused-ring (bicyclic) bond motifs is 1. The average Bonchev–Trinajstić information content (AvgIpc) is 3.73. The van der Waals surface area contributed by atoms with E-state index in [1.807, 2.05) is 30.5 Å². The minimum Gasteiger partial charge on any atom is -0.336 e. The SMILES string of the molecule is CSN1CCN(C(=O)c2cnc3c([N+](=O)[O-])cc(SF)cc3c2-c2ccc(C3(C#N)CC3)cc2)CC1. The van der Waals surface area contributed by atoms with Crippen LogP contribution in [0.3, 0.4) is 0 Å². The van der Waals surface area contributed by atoms with E-state index in [2.05, 4.69) is 15.4 Å². The molecule has 11 heteroatoms. The summed E-state index contributed by atoms with van der Waals surface area (Å²) < 4.78 is 15.8. The number of piperazine rings is 1. The van der Waals surface area contributed by atoms with Gasteiger partial charge in [0.1, 0.15) is 5.52 Å². The van der Waals surface area contributed by atoms with E-state index in [1.54, 1.807) is 16.8 Å². The Morgan fingerprint density at radius 2 is 1.89 bits per heavy atom. The smallest absolute Gasteiger partial charge is 0.296 e. The molecule has 1 saturated heterocycles. The Balaban J connectivity index is 1.68. The van der Waals surface area contributed by atoms with Gasteiger partial charge in [0, 0.05) is 54.3 Å². The number of aromatic nitrogens is 1. The molecule has 0 bridgehead atoms. The van der Waals surface area contributed by atoms with Gasteiger partial charge in [0.05, 0.1) is 34.1 Å². The number of benzene rings is 2. The van der Waals surface area contributed by atoms with Gasteiger partial charge in [0.15, 0.2) is 0 Å². The second-order valence-electron chi connectivity index (χ2n) is 8.89. The Hall–Kier alpha value is -3.20. The summed E-state index contributed by atoms with van der Waals surface area (Å²) in [4.78, 5) is 31.0. The molecule has 2 heterocycles. The molecule has 184 valence electrons. The van der Waals surface area contributed by atoms with Crippen molar-refractivity contribution < 1.29 is 13.6 Å². The summed E-state index contributed by atoms with van der Waals surface area (Å²) in [6.45, 7) is 2.53. The normalized spacial score (nSPS) is 17.1. The predicted molar refractivity (Wildman–Crippen MR) is 138 cm³/mol. The monoisotopic (exact) mass is 523 g/mol. The summed E-state index contributed by atoms with van der Waals surface area (Å²) in [5.41, 5.74) is 1.65. The van der Waals surface area contributed by atoms with Gasteiger partial charge in [-0.15, -0.1) is 0 Å². The van der Waals surface area contributed by atoms with Crippen LogP contribution >= 0.6 is 24.1 Å². The standard InChI is InChI=1S/C25H22FN5O3S2/c1-35-30-10-8-29(9-11-30)24(32)20-14-28-23-19(12-18(36-26)13-21(23)31(33)34)22(20)16-2-4-17(5-3-16)25(15-27)6-7-25/h2-5,12-14H,6-11H2,1H3. The Kier molecular flexibility index (Phi) is 6.59. The van der Waals surface area contributed by atoms with Crippen LogP contribution in [-0.2, 0) is 5.41 Å². The molecule has 2 aliphatic rings.